The zero-order valence-corrected chi connectivity index (χ0v) is 11.8. The van der Waals surface area contributed by atoms with Gasteiger partial charge >= 0.3 is 0 Å². The van der Waals surface area contributed by atoms with Crippen LogP contribution in [0.15, 0.2) is 24.3 Å². The zero-order chi connectivity index (χ0) is 16.0. The Bertz CT molecular complexity index is 717. The maximum Gasteiger partial charge on any atom is 0.200 e. The first-order valence-electron chi connectivity index (χ1n) is 6.83. The number of hydrogen-bond donors (Lipinski definition) is 5. The summed E-state index contributed by atoms with van der Waals surface area (Å²) in [5.41, 5.74) is 1.10. The normalized spacial score (nSPS) is 20.2. The van der Waals surface area contributed by atoms with Crippen LogP contribution in [-0.2, 0) is 6.42 Å². The van der Waals surface area contributed by atoms with E-state index in [2.05, 4.69) is 0 Å². The van der Waals surface area contributed by atoms with Gasteiger partial charge in [0.05, 0.1) is 0 Å². The van der Waals surface area contributed by atoms with Gasteiger partial charge in [0.25, 0.3) is 0 Å². The standard InChI is InChI=1S/C16H16O6/c1-7-2-10-11(18)5-9(17)6-14(10)22-16(7)8-3-12(19)15(21)13(20)4-8/h3-7,16-21H,2H2,1H3/t7-,16+/m1/s1. The molecule has 0 saturated carbocycles. The van der Waals surface area contributed by atoms with E-state index in [-0.39, 0.29) is 17.4 Å². The predicted molar refractivity (Wildman–Crippen MR) is 77.4 cm³/mol. The molecule has 22 heavy (non-hydrogen) atoms. The minimum Gasteiger partial charge on any atom is -0.508 e. The van der Waals surface area contributed by atoms with E-state index in [1.54, 1.807) is 0 Å². The SMILES string of the molecule is C[C@@H]1Cc2c(O)cc(O)cc2O[C@@H]1c1cc(O)c(O)c(O)c1. The van der Waals surface area contributed by atoms with Crippen molar-refractivity contribution in [1.82, 2.24) is 0 Å². The first kappa shape index (κ1) is 14.2. The molecule has 0 bridgehead atoms. The quantitative estimate of drug-likeness (QED) is 0.518. The molecule has 0 spiro atoms. The average molecular weight is 304 g/mol. The number of hydrogen-bond acceptors (Lipinski definition) is 6. The van der Waals surface area contributed by atoms with Gasteiger partial charge in [-0.2, -0.15) is 0 Å². The second-order valence-corrected chi connectivity index (χ2v) is 5.57. The van der Waals surface area contributed by atoms with Crippen LogP contribution in [0.5, 0.6) is 34.5 Å². The Labute approximate surface area is 126 Å². The van der Waals surface area contributed by atoms with Gasteiger partial charge in [-0.15, -0.1) is 0 Å². The highest BCUT2D eigenvalue weighted by Gasteiger charge is 2.31. The van der Waals surface area contributed by atoms with Gasteiger partial charge in [-0.1, -0.05) is 6.92 Å². The van der Waals surface area contributed by atoms with Crippen molar-refractivity contribution >= 4 is 0 Å². The smallest absolute Gasteiger partial charge is 0.200 e. The third kappa shape index (κ3) is 2.22. The molecule has 5 N–H and O–H groups in total. The molecule has 0 aliphatic carbocycles. The number of phenolic OH excluding ortho intramolecular Hbond substituents is 5. The lowest BCUT2D eigenvalue weighted by atomic mass is 9.87. The number of benzene rings is 2. The largest absolute Gasteiger partial charge is 0.508 e. The molecule has 2 aromatic carbocycles. The molecule has 0 radical (unpaired) electrons. The molecule has 116 valence electrons. The fourth-order valence-corrected chi connectivity index (χ4v) is 2.79. The third-order valence-electron chi connectivity index (χ3n) is 3.89. The lowest BCUT2D eigenvalue weighted by Crippen LogP contribution is -2.23. The molecule has 0 saturated heterocycles. The van der Waals surface area contributed by atoms with Crippen LogP contribution >= 0.6 is 0 Å². The van der Waals surface area contributed by atoms with Crippen molar-refractivity contribution in [3.63, 3.8) is 0 Å². The maximum absolute atomic E-state index is 9.88. The van der Waals surface area contributed by atoms with Gasteiger partial charge in [0.1, 0.15) is 23.4 Å². The molecule has 1 heterocycles. The molecule has 2 atom stereocenters. The number of phenols is 5. The Kier molecular flexibility index (Phi) is 3.16. The summed E-state index contributed by atoms with van der Waals surface area (Å²) in [4.78, 5) is 0. The highest BCUT2D eigenvalue weighted by Crippen LogP contribution is 2.46. The minimum absolute atomic E-state index is 0.0308. The van der Waals surface area contributed by atoms with Crippen molar-refractivity contribution in [3.8, 4) is 34.5 Å². The van der Waals surface area contributed by atoms with E-state index < -0.39 is 23.4 Å². The van der Waals surface area contributed by atoms with Crippen LogP contribution in [0, 0.1) is 5.92 Å². The van der Waals surface area contributed by atoms with Gasteiger partial charge in [0.2, 0.25) is 0 Å². The molecule has 6 nitrogen and oxygen atoms in total. The highest BCUT2D eigenvalue weighted by molar-refractivity contribution is 5.54. The summed E-state index contributed by atoms with van der Waals surface area (Å²) in [5.74, 6) is -1.29. The number of fused-ring (bicyclic) bond motifs is 1. The fraction of sp³-hybridized carbons (Fsp3) is 0.250. The second-order valence-electron chi connectivity index (χ2n) is 5.57. The van der Waals surface area contributed by atoms with Crippen LogP contribution in [0.4, 0.5) is 0 Å². The summed E-state index contributed by atoms with van der Waals surface area (Å²) < 4.78 is 5.82. The van der Waals surface area contributed by atoms with E-state index in [0.29, 0.717) is 23.3 Å². The van der Waals surface area contributed by atoms with E-state index in [9.17, 15) is 25.5 Å². The van der Waals surface area contributed by atoms with Crippen LogP contribution in [0.2, 0.25) is 0 Å². The van der Waals surface area contributed by atoms with Gasteiger partial charge < -0.3 is 30.3 Å². The van der Waals surface area contributed by atoms with Crippen LogP contribution in [-0.4, -0.2) is 25.5 Å². The molecule has 3 rings (SSSR count). The van der Waals surface area contributed by atoms with Gasteiger partial charge in [0.15, 0.2) is 17.2 Å². The monoisotopic (exact) mass is 304 g/mol. The summed E-state index contributed by atoms with van der Waals surface area (Å²) in [5, 5.41) is 48.1. The van der Waals surface area contributed by atoms with Crippen molar-refractivity contribution < 1.29 is 30.3 Å². The summed E-state index contributed by atoms with van der Waals surface area (Å²) in [6.45, 7) is 1.90. The summed E-state index contributed by atoms with van der Waals surface area (Å²) in [6, 6.07) is 5.31. The number of aromatic hydroxyl groups is 5. The van der Waals surface area contributed by atoms with Crippen LogP contribution < -0.4 is 4.74 Å². The Balaban J connectivity index is 2.03. The van der Waals surface area contributed by atoms with E-state index >= 15 is 0 Å². The van der Waals surface area contributed by atoms with E-state index in [1.807, 2.05) is 6.92 Å². The predicted octanol–water partition coefficient (Wildman–Crippen LogP) is 2.53. The second kappa shape index (κ2) is 4.91. The van der Waals surface area contributed by atoms with Crippen LogP contribution in [0.3, 0.4) is 0 Å². The summed E-state index contributed by atoms with van der Waals surface area (Å²) in [7, 11) is 0. The number of ether oxygens (including phenoxy) is 1. The van der Waals surface area contributed by atoms with Crippen LogP contribution in [0.1, 0.15) is 24.2 Å². The summed E-state index contributed by atoms with van der Waals surface area (Å²) >= 11 is 0. The Morgan fingerprint density at radius 3 is 2.18 bits per heavy atom. The molecule has 0 aromatic heterocycles. The molecule has 1 aliphatic heterocycles. The Hall–Kier alpha value is -2.76. The first-order valence-corrected chi connectivity index (χ1v) is 6.83. The maximum atomic E-state index is 9.88. The topological polar surface area (TPSA) is 110 Å². The van der Waals surface area contributed by atoms with Crippen molar-refractivity contribution in [2.75, 3.05) is 0 Å². The van der Waals surface area contributed by atoms with Crippen molar-refractivity contribution in [2.45, 2.75) is 19.4 Å². The Morgan fingerprint density at radius 1 is 0.909 bits per heavy atom. The lowest BCUT2D eigenvalue weighted by Gasteiger charge is -2.32. The van der Waals surface area contributed by atoms with E-state index in [4.69, 9.17) is 4.74 Å². The van der Waals surface area contributed by atoms with Gasteiger partial charge in [-0.25, -0.2) is 0 Å². The molecule has 2 aromatic rings. The van der Waals surface area contributed by atoms with Crippen molar-refractivity contribution in [3.05, 3.63) is 35.4 Å². The number of rotatable bonds is 1. The lowest BCUT2D eigenvalue weighted by molar-refractivity contribution is 0.121. The average Bonchev–Trinajstić information content (AvgIpc) is 2.44. The molecule has 1 aliphatic rings. The van der Waals surface area contributed by atoms with Crippen molar-refractivity contribution in [1.29, 1.82) is 0 Å². The van der Waals surface area contributed by atoms with Crippen molar-refractivity contribution in [2.24, 2.45) is 5.92 Å². The molecular formula is C16H16O6. The highest BCUT2D eigenvalue weighted by atomic mass is 16.5. The summed E-state index contributed by atoms with van der Waals surface area (Å²) in [6.07, 6.45) is 0.0141. The minimum atomic E-state index is -0.581. The van der Waals surface area contributed by atoms with Crippen LogP contribution in [0.25, 0.3) is 0 Å². The third-order valence-corrected chi connectivity index (χ3v) is 3.89. The Morgan fingerprint density at radius 2 is 1.55 bits per heavy atom. The van der Waals surface area contributed by atoms with E-state index in [1.165, 1.54) is 24.3 Å². The molecular weight excluding hydrogens is 288 g/mol. The molecule has 0 unspecified atom stereocenters. The zero-order valence-electron chi connectivity index (χ0n) is 11.8. The molecule has 0 fully saturated rings. The molecule has 6 heteroatoms. The van der Waals surface area contributed by atoms with E-state index in [0.717, 1.165) is 0 Å². The fourth-order valence-electron chi connectivity index (χ4n) is 2.79. The van der Waals surface area contributed by atoms with Gasteiger partial charge in [0, 0.05) is 29.2 Å². The molecule has 0 amide bonds. The first-order chi connectivity index (χ1) is 10.4. The van der Waals surface area contributed by atoms with Gasteiger partial charge in [-0.05, 0) is 18.6 Å². The van der Waals surface area contributed by atoms with Gasteiger partial charge in [-0.3, -0.25) is 0 Å².